The molecule has 0 aliphatic heterocycles. The molecular weight excluding hydrogens is 269 g/mol. The Hall–Kier alpha value is -0.410. The van der Waals surface area contributed by atoms with E-state index in [0.717, 1.165) is 18.0 Å². The highest BCUT2D eigenvalue weighted by Crippen LogP contribution is 2.26. The van der Waals surface area contributed by atoms with E-state index >= 15 is 0 Å². The molecule has 0 spiro atoms. The lowest BCUT2D eigenvalue weighted by atomic mass is 10.1. The Morgan fingerprint density at radius 3 is 2.94 bits per heavy atom. The first-order valence-corrected chi connectivity index (χ1v) is 6.62. The Kier molecular flexibility index (Phi) is 3.98. The third kappa shape index (κ3) is 2.83. The fourth-order valence-electron chi connectivity index (χ4n) is 2.33. The van der Waals surface area contributed by atoms with Crippen molar-refractivity contribution >= 4 is 15.9 Å². The number of benzene rings is 1. The van der Waals surface area contributed by atoms with Crippen LogP contribution >= 0.6 is 15.9 Å². The minimum Gasteiger partial charge on any atom is -0.310 e. The number of hydrogen-bond acceptors (Lipinski definition) is 1. The van der Waals surface area contributed by atoms with Crippen LogP contribution in [-0.2, 0) is 6.54 Å². The van der Waals surface area contributed by atoms with Gasteiger partial charge >= 0.3 is 0 Å². The average molecular weight is 286 g/mol. The number of halogens is 2. The Bertz CT molecular complexity index is 367. The summed E-state index contributed by atoms with van der Waals surface area (Å²) in [7, 11) is 0. The molecule has 0 saturated heterocycles. The van der Waals surface area contributed by atoms with Crippen molar-refractivity contribution in [2.75, 3.05) is 0 Å². The molecule has 1 fully saturated rings. The minimum atomic E-state index is -0.181. The van der Waals surface area contributed by atoms with Crippen LogP contribution < -0.4 is 5.32 Å². The van der Waals surface area contributed by atoms with E-state index in [1.54, 1.807) is 6.07 Å². The Morgan fingerprint density at radius 2 is 2.25 bits per heavy atom. The van der Waals surface area contributed by atoms with Crippen LogP contribution in [0.25, 0.3) is 0 Å². The molecule has 0 bridgehead atoms. The second-order valence-electron chi connectivity index (χ2n) is 4.71. The van der Waals surface area contributed by atoms with Crippen molar-refractivity contribution in [1.29, 1.82) is 0 Å². The SMILES string of the molecule is CC1CCC(NCc2cccc(F)c2Br)C1. The van der Waals surface area contributed by atoms with E-state index in [-0.39, 0.29) is 5.82 Å². The van der Waals surface area contributed by atoms with Gasteiger partial charge in [-0.1, -0.05) is 19.1 Å². The number of nitrogens with one attached hydrogen (secondary N) is 1. The van der Waals surface area contributed by atoms with Gasteiger partial charge in [-0.05, 0) is 52.7 Å². The van der Waals surface area contributed by atoms with Crippen molar-refractivity contribution in [2.45, 2.75) is 38.8 Å². The van der Waals surface area contributed by atoms with Crippen molar-refractivity contribution in [3.05, 3.63) is 34.1 Å². The van der Waals surface area contributed by atoms with Gasteiger partial charge in [0, 0.05) is 12.6 Å². The quantitative estimate of drug-likeness (QED) is 0.889. The molecule has 1 nitrogen and oxygen atoms in total. The van der Waals surface area contributed by atoms with Gasteiger partial charge in [-0.25, -0.2) is 4.39 Å². The van der Waals surface area contributed by atoms with Crippen LogP contribution in [0.4, 0.5) is 4.39 Å². The molecule has 1 aromatic carbocycles. The molecule has 1 saturated carbocycles. The molecule has 0 heterocycles. The average Bonchev–Trinajstić information content (AvgIpc) is 2.67. The summed E-state index contributed by atoms with van der Waals surface area (Å²) >= 11 is 3.29. The van der Waals surface area contributed by atoms with Gasteiger partial charge in [-0.15, -0.1) is 0 Å². The molecule has 16 heavy (non-hydrogen) atoms. The van der Waals surface area contributed by atoms with E-state index in [4.69, 9.17) is 0 Å². The van der Waals surface area contributed by atoms with E-state index in [1.165, 1.54) is 25.3 Å². The van der Waals surface area contributed by atoms with Gasteiger partial charge in [0.1, 0.15) is 5.82 Å². The molecule has 88 valence electrons. The summed E-state index contributed by atoms with van der Waals surface area (Å²) in [6, 6.07) is 5.79. The van der Waals surface area contributed by atoms with E-state index in [9.17, 15) is 4.39 Å². The lowest BCUT2D eigenvalue weighted by Crippen LogP contribution is -2.26. The zero-order chi connectivity index (χ0) is 11.5. The van der Waals surface area contributed by atoms with Gasteiger partial charge in [-0.2, -0.15) is 0 Å². The van der Waals surface area contributed by atoms with Crippen LogP contribution in [0.3, 0.4) is 0 Å². The predicted octanol–water partition coefficient (Wildman–Crippen LogP) is 3.87. The van der Waals surface area contributed by atoms with Crippen molar-refractivity contribution in [3.8, 4) is 0 Å². The van der Waals surface area contributed by atoms with Crippen LogP contribution in [0, 0.1) is 11.7 Å². The molecule has 1 aliphatic rings. The summed E-state index contributed by atoms with van der Waals surface area (Å²) in [5, 5.41) is 3.50. The van der Waals surface area contributed by atoms with Crippen LogP contribution in [0.15, 0.2) is 22.7 Å². The fourth-order valence-corrected chi connectivity index (χ4v) is 2.74. The monoisotopic (exact) mass is 285 g/mol. The van der Waals surface area contributed by atoms with Gasteiger partial charge in [0.2, 0.25) is 0 Å². The normalized spacial score (nSPS) is 24.9. The van der Waals surface area contributed by atoms with Gasteiger partial charge in [0.15, 0.2) is 0 Å². The van der Waals surface area contributed by atoms with Crippen molar-refractivity contribution in [1.82, 2.24) is 5.32 Å². The maximum absolute atomic E-state index is 13.3. The van der Waals surface area contributed by atoms with E-state index in [1.807, 2.05) is 6.07 Å². The summed E-state index contributed by atoms with van der Waals surface area (Å²) in [6.45, 7) is 3.04. The largest absolute Gasteiger partial charge is 0.310 e. The summed E-state index contributed by atoms with van der Waals surface area (Å²) < 4.78 is 13.9. The van der Waals surface area contributed by atoms with E-state index in [0.29, 0.717) is 10.5 Å². The summed E-state index contributed by atoms with van der Waals surface area (Å²) in [5.74, 6) is 0.646. The van der Waals surface area contributed by atoms with Crippen molar-refractivity contribution < 1.29 is 4.39 Å². The maximum atomic E-state index is 13.3. The maximum Gasteiger partial charge on any atom is 0.137 e. The van der Waals surface area contributed by atoms with Crippen molar-refractivity contribution in [2.24, 2.45) is 5.92 Å². The standard InChI is InChI=1S/C13H17BrFN/c1-9-5-6-11(7-9)16-8-10-3-2-4-12(15)13(10)14/h2-4,9,11,16H,5-8H2,1H3. The molecule has 1 aliphatic carbocycles. The first kappa shape index (κ1) is 12.1. The molecule has 1 N–H and O–H groups in total. The van der Waals surface area contributed by atoms with Gasteiger partial charge in [0.25, 0.3) is 0 Å². The Morgan fingerprint density at radius 1 is 1.44 bits per heavy atom. The van der Waals surface area contributed by atoms with Gasteiger partial charge in [0.05, 0.1) is 4.47 Å². The smallest absolute Gasteiger partial charge is 0.137 e. The topological polar surface area (TPSA) is 12.0 Å². The molecule has 0 aromatic heterocycles. The Balaban J connectivity index is 1.92. The molecule has 0 radical (unpaired) electrons. The first-order chi connectivity index (χ1) is 7.66. The van der Waals surface area contributed by atoms with Crippen molar-refractivity contribution in [3.63, 3.8) is 0 Å². The van der Waals surface area contributed by atoms with Gasteiger partial charge in [-0.3, -0.25) is 0 Å². The molecule has 2 unspecified atom stereocenters. The van der Waals surface area contributed by atoms with E-state index < -0.39 is 0 Å². The zero-order valence-electron chi connectivity index (χ0n) is 9.47. The summed E-state index contributed by atoms with van der Waals surface area (Å²) in [4.78, 5) is 0. The highest BCUT2D eigenvalue weighted by atomic mass is 79.9. The van der Waals surface area contributed by atoms with E-state index in [2.05, 4.69) is 28.2 Å². The van der Waals surface area contributed by atoms with Crippen LogP contribution in [0.2, 0.25) is 0 Å². The summed E-state index contributed by atoms with van der Waals surface area (Å²) in [5.41, 5.74) is 1.000. The molecular formula is C13H17BrFN. The second-order valence-corrected chi connectivity index (χ2v) is 5.50. The molecule has 1 aromatic rings. The first-order valence-electron chi connectivity index (χ1n) is 5.83. The molecule has 0 amide bonds. The second kappa shape index (κ2) is 5.28. The third-order valence-corrected chi connectivity index (χ3v) is 4.20. The summed E-state index contributed by atoms with van der Waals surface area (Å²) in [6.07, 6.45) is 3.79. The molecule has 3 heteroatoms. The Labute approximate surface area is 105 Å². The van der Waals surface area contributed by atoms with Crippen LogP contribution in [0.1, 0.15) is 31.7 Å². The predicted molar refractivity (Wildman–Crippen MR) is 67.7 cm³/mol. The highest BCUT2D eigenvalue weighted by molar-refractivity contribution is 9.10. The lowest BCUT2D eigenvalue weighted by molar-refractivity contribution is 0.500. The minimum absolute atomic E-state index is 0.181. The number of hydrogen-bond donors (Lipinski definition) is 1. The highest BCUT2D eigenvalue weighted by Gasteiger charge is 2.20. The zero-order valence-corrected chi connectivity index (χ0v) is 11.1. The van der Waals surface area contributed by atoms with Crippen LogP contribution in [-0.4, -0.2) is 6.04 Å². The molecule has 2 atom stereocenters. The third-order valence-electron chi connectivity index (χ3n) is 3.31. The fraction of sp³-hybridized carbons (Fsp3) is 0.538. The van der Waals surface area contributed by atoms with Crippen LogP contribution in [0.5, 0.6) is 0 Å². The molecule has 2 rings (SSSR count). The van der Waals surface area contributed by atoms with Gasteiger partial charge < -0.3 is 5.32 Å². The lowest BCUT2D eigenvalue weighted by Gasteiger charge is -2.13. The number of rotatable bonds is 3.